The molecule has 0 bridgehead atoms. The molecule has 0 saturated carbocycles. The van der Waals surface area contributed by atoms with Gasteiger partial charge in [-0.15, -0.1) is 0 Å². The SMILES string of the molecule is Cc1ccc(-n2ccc(CNC(C)(C)C)n2)cc1[N+](=O)[O-]. The van der Waals surface area contributed by atoms with Gasteiger partial charge in [-0.05, 0) is 39.8 Å². The minimum Gasteiger partial charge on any atom is -0.306 e. The van der Waals surface area contributed by atoms with Crippen LogP contribution in [0, 0.1) is 17.0 Å². The molecule has 0 saturated heterocycles. The van der Waals surface area contributed by atoms with Crippen LogP contribution in [0.4, 0.5) is 5.69 Å². The third kappa shape index (κ3) is 3.88. The molecule has 1 aromatic heterocycles. The van der Waals surface area contributed by atoms with Crippen LogP contribution in [0.25, 0.3) is 5.69 Å². The Bertz CT molecular complexity index is 656. The molecule has 0 unspecified atom stereocenters. The van der Waals surface area contributed by atoms with E-state index in [0.29, 0.717) is 17.8 Å². The fraction of sp³-hybridized carbons (Fsp3) is 0.400. The topological polar surface area (TPSA) is 73.0 Å². The highest BCUT2D eigenvalue weighted by molar-refractivity contribution is 5.48. The minimum atomic E-state index is -0.371. The average Bonchev–Trinajstić information content (AvgIpc) is 2.84. The second-order valence-corrected chi connectivity index (χ2v) is 6.08. The van der Waals surface area contributed by atoms with Crippen molar-refractivity contribution in [2.24, 2.45) is 0 Å². The van der Waals surface area contributed by atoms with E-state index in [0.717, 1.165) is 5.69 Å². The van der Waals surface area contributed by atoms with E-state index in [1.807, 2.05) is 18.3 Å². The molecule has 1 heterocycles. The summed E-state index contributed by atoms with van der Waals surface area (Å²) in [6.45, 7) is 8.65. The first-order chi connectivity index (χ1) is 9.76. The van der Waals surface area contributed by atoms with E-state index in [-0.39, 0.29) is 16.1 Å². The number of nitro groups is 1. The Balaban J connectivity index is 2.22. The van der Waals surface area contributed by atoms with Crippen molar-refractivity contribution in [1.82, 2.24) is 15.1 Å². The Kier molecular flexibility index (Phi) is 4.09. The van der Waals surface area contributed by atoms with Crippen molar-refractivity contribution in [3.05, 3.63) is 51.8 Å². The predicted molar refractivity (Wildman–Crippen MR) is 81.5 cm³/mol. The molecule has 1 N–H and O–H groups in total. The fourth-order valence-corrected chi connectivity index (χ4v) is 1.89. The summed E-state index contributed by atoms with van der Waals surface area (Å²) in [5.74, 6) is 0. The third-order valence-electron chi connectivity index (χ3n) is 3.10. The molecule has 0 spiro atoms. The summed E-state index contributed by atoms with van der Waals surface area (Å²) in [4.78, 5) is 10.6. The number of aryl methyl sites for hydroxylation is 1. The van der Waals surface area contributed by atoms with E-state index in [1.165, 1.54) is 0 Å². The zero-order valence-electron chi connectivity index (χ0n) is 12.8. The van der Waals surface area contributed by atoms with E-state index in [4.69, 9.17) is 0 Å². The molecule has 0 atom stereocenters. The summed E-state index contributed by atoms with van der Waals surface area (Å²) >= 11 is 0. The van der Waals surface area contributed by atoms with Crippen molar-refractivity contribution < 1.29 is 4.92 Å². The van der Waals surface area contributed by atoms with Crippen LogP contribution in [0.5, 0.6) is 0 Å². The lowest BCUT2D eigenvalue weighted by Gasteiger charge is -2.19. The van der Waals surface area contributed by atoms with Gasteiger partial charge in [0.25, 0.3) is 5.69 Å². The molecular weight excluding hydrogens is 268 g/mol. The van der Waals surface area contributed by atoms with Gasteiger partial charge in [0.2, 0.25) is 0 Å². The molecule has 0 aliphatic heterocycles. The lowest BCUT2D eigenvalue weighted by atomic mass is 10.1. The van der Waals surface area contributed by atoms with Crippen molar-refractivity contribution in [1.29, 1.82) is 0 Å². The van der Waals surface area contributed by atoms with Crippen molar-refractivity contribution >= 4 is 5.69 Å². The van der Waals surface area contributed by atoms with Gasteiger partial charge < -0.3 is 5.32 Å². The van der Waals surface area contributed by atoms with Crippen LogP contribution >= 0.6 is 0 Å². The highest BCUT2D eigenvalue weighted by atomic mass is 16.6. The number of rotatable bonds is 4. The van der Waals surface area contributed by atoms with Crippen LogP contribution in [0.3, 0.4) is 0 Å². The van der Waals surface area contributed by atoms with Gasteiger partial charge in [-0.1, -0.05) is 6.07 Å². The number of nitro benzene ring substituents is 1. The number of nitrogens with zero attached hydrogens (tertiary/aromatic N) is 3. The normalized spacial score (nSPS) is 11.6. The van der Waals surface area contributed by atoms with E-state index in [2.05, 4.69) is 31.2 Å². The maximum atomic E-state index is 11.0. The summed E-state index contributed by atoms with van der Waals surface area (Å²) in [5.41, 5.74) is 2.36. The molecule has 6 nitrogen and oxygen atoms in total. The van der Waals surface area contributed by atoms with E-state index >= 15 is 0 Å². The lowest BCUT2D eigenvalue weighted by molar-refractivity contribution is -0.385. The summed E-state index contributed by atoms with van der Waals surface area (Å²) in [6.07, 6.45) is 1.81. The molecule has 2 rings (SSSR count). The van der Waals surface area contributed by atoms with Crippen LogP contribution in [-0.2, 0) is 6.54 Å². The Morgan fingerprint density at radius 1 is 1.33 bits per heavy atom. The van der Waals surface area contributed by atoms with Gasteiger partial charge in [-0.25, -0.2) is 4.68 Å². The molecule has 0 aliphatic carbocycles. The summed E-state index contributed by atoms with van der Waals surface area (Å²) < 4.78 is 1.66. The standard InChI is InChI=1S/C15H20N4O2/c1-11-5-6-13(9-14(11)19(20)21)18-8-7-12(17-18)10-16-15(2,3)4/h5-9,16H,10H2,1-4H3. The molecule has 2 aromatic rings. The predicted octanol–water partition coefficient (Wildman–Crippen LogP) is 2.98. The van der Waals surface area contributed by atoms with Gasteiger partial charge >= 0.3 is 0 Å². The first kappa shape index (κ1) is 15.2. The van der Waals surface area contributed by atoms with Gasteiger partial charge in [0, 0.05) is 29.9 Å². The van der Waals surface area contributed by atoms with E-state index in [1.54, 1.807) is 23.7 Å². The molecule has 1 aromatic carbocycles. The Morgan fingerprint density at radius 2 is 2.05 bits per heavy atom. The summed E-state index contributed by atoms with van der Waals surface area (Å²) in [5, 5.41) is 18.8. The number of hydrogen-bond donors (Lipinski definition) is 1. The van der Waals surface area contributed by atoms with Crippen molar-refractivity contribution in [3.63, 3.8) is 0 Å². The zero-order chi connectivity index (χ0) is 15.6. The minimum absolute atomic E-state index is 0.0203. The van der Waals surface area contributed by atoms with Crippen LogP contribution < -0.4 is 5.32 Å². The maximum absolute atomic E-state index is 11.0. The van der Waals surface area contributed by atoms with Gasteiger partial charge in [-0.3, -0.25) is 10.1 Å². The molecule has 0 amide bonds. The molecule has 0 fully saturated rings. The number of benzene rings is 1. The van der Waals surface area contributed by atoms with Crippen LogP contribution in [0.2, 0.25) is 0 Å². The zero-order valence-corrected chi connectivity index (χ0v) is 12.8. The third-order valence-corrected chi connectivity index (χ3v) is 3.10. The van der Waals surface area contributed by atoms with Gasteiger partial charge in [-0.2, -0.15) is 5.10 Å². The average molecular weight is 288 g/mol. The first-order valence-corrected chi connectivity index (χ1v) is 6.81. The molecule has 112 valence electrons. The molecular formula is C15H20N4O2. The Hall–Kier alpha value is -2.21. The van der Waals surface area contributed by atoms with E-state index in [9.17, 15) is 10.1 Å². The Morgan fingerprint density at radius 3 is 2.67 bits per heavy atom. The summed E-state index contributed by atoms with van der Waals surface area (Å²) in [6, 6.07) is 7.02. The number of nitrogens with one attached hydrogen (secondary N) is 1. The monoisotopic (exact) mass is 288 g/mol. The van der Waals surface area contributed by atoms with Crippen molar-refractivity contribution in [2.45, 2.75) is 39.8 Å². The summed E-state index contributed by atoms with van der Waals surface area (Å²) in [7, 11) is 0. The van der Waals surface area contributed by atoms with Crippen molar-refractivity contribution in [3.8, 4) is 5.69 Å². The number of aromatic nitrogens is 2. The highest BCUT2D eigenvalue weighted by Crippen LogP contribution is 2.21. The molecule has 6 heteroatoms. The lowest BCUT2D eigenvalue weighted by Crippen LogP contribution is -2.35. The smallest absolute Gasteiger partial charge is 0.274 e. The quantitative estimate of drug-likeness (QED) is 0.693. The molecule has 21 heavy (non-hydrogen) atoms. The molecule has 0 radical (unpaired) electrons. The van der Waals surface area contributed by atoms with Crippen LogP contribution in [-0.4, -0.2) is 20.2 Å². The Labute approximate surface area is 123 Å². The van der Waals surface area contributed by atoms with Crippen LogP contribution in [0.1, 0.15) is 32.0 Å². The highest BCUT2D eigenvalue weighted by Gasteiger charge is 2.13. The first-order valence-electron chi connectivity index (χ1n) is 6.81. The number of hydrogen-bond acceptors (Lipinski definition) is 4. The van der Waals surface area contributed by atoms with Gasteiger partial charge in [0.05, 0.1) is 16.3 Å². The maximum Gasteiger partial charge on any atom is 0.274 e. The van der Waals surface area contributed by atoms with Crippen LogP contribution in [0.15, 0.2) is 30.5 Å². The molecule has 0 aliphatic rings. The fourth-order valence-electron chi connectivity index (χ4n) is 1.89. The van der Waals surface area contributed by atoms with E-state index < -0.39 is 0 Å². The van der Waals surface area contributed by atoms with Gasteiger partial charge in [0.15, 0.2) is 0 Å². The largest absolute Gasteiger partial charge is 0.306 e. The van der Waals surface area contributed by atoms with Crippen molar-refractivity contribution in [2.75, 3.05) is 0 Å². The van der Waals surface area contributed by atoms with Gasteiger partial charge in [0.1, 0.15) is 0 Å². The second kappa shape index (κ2) is 5.65. The second-order valence-electron chi connectivity index (χ2n) is 6.08.